The summed E-state index contributed by atoms with van der Waals surface area (Å²) in [6.45, 7) is 3.83. The second kappa shape index (κ2) is 5.93. The predicted octanol–water partition coefficient (Wildman–Crippen LogP) is 2.19. The van der Waals surface area contributed by atoms with Gasteiger partial charge in [-0.25, -0.2) is 0 Å². The number of hydrogen-bond donors (Lipinski definition) is 1. The van der Waals surface area contributed by atoms with Crippen LogP contribution in [-0.2, 0) is 11.2 Å². The van der Waals surface area contributed by atoms with Crippen LogP contribution in [0.15, 0.2) is 24.3 Å². The highest BCUT2D eigenvalue weighted by Gasteiger charge is 2.25. The first-order valence-electron chi connectivity index (χ1n) is 7.51. The molecule has 2 atom stereocenters. The number of anilines is 1. The van der Waals surface area contributed by atoms with Crippen LogP contribution in [0.1, 0.15) is 24.8 Å². The van der Waals surface area contributed by atoms with Gasteiger partial charge in [0.15, 0.2) is 0 Å². The molecule has 2 N–H and O–H groups in total. The van der Waals surface area contributed by atoms with Gasteiger partial charge < -0.3 is 15.4 Å². The Hall–Kier alpha value is -1.06. The Labute approximate surface area is 115 Å². The lowest BCUT2D eigenvalue weighted by Gasteiger charge is -2.30. The molecule has 0 radical (unpaired) electrons. The zero-order chi connectivity index (χ0) is 13.1. The maximum absolute atomic E-state index is 6.40. The Morgan fingerprint density at radius 3 is 3.05 bits per heavy atom. The summed E-state index contributed by atoms with van der Waals surface area (Å²) in [5, 5.41) is 0. The molecule has 0 aliphatic carbocycles. The molecule has 0 bridgehead atoms. The molecule has 0 aromatic heterocycles. The van der Waals surface area contributed by atoms with Crippen LogP contribution in [0.25, 0.3) is 0 Å². The zero-order valence-corrected chi connectivity index (χ0v) is 11.6. The lowest BCUT2D eigenvalue weighted by Crippen LogP contribution is -2.43. The average Bonchev–Trinajstić information content (AvgIpc) is 2.90. The summed E-state index contributed by atoms with van der Waals surface area (Å²) in [4.78, 5) is 2.49. The van der Waals surface area contributed by atoms with Crippen molar-refractivity contribution in [1.82, 2.24) is 0 Å². The van der Waals surface area contributed by atoms with Gasteiger partial charge >= 0.3 is 0 Å². The van der Waals surface area contributed by atoms with Crippen molar-refractivity contribution in [3.05, 3.63) is 29.8 Å². The number of rotatable bonds is 3. The molecule has 0 amide bonds. The van der Waals surface area contributed by atoms with E-state index in [0.29, 0.717) is 5.92 Å². The molecule has 1 aromatic carbocycles. The van der Waals surface area contributed by atoms with Crippen LogP contribution in [0.3, 0.4) is 0 Å². The SMILES string of the molecule is NC(CN1CCCCc2ccccc21)C1CCOC1. The van der Waals surface area contributed by atoms with Gasteiger partial charge in [0.1, 0.15) is 0 Å². The summed E-state index contributed by atoms with van der Waals surface area (Å²) in [6.07, 6.45) is 4.88. The van der Waals surface area contributed by atoms with Crippen LogP contribution in [-0.4, -0.2) is 32.3 Å². The fourth-order valence-corrected chi connectivity index (χ4v) is 3.25. The smallest absolute Gasteiger partial charge is 0.0510 e. The number of nitrogens with two attached hydrogens (primary N) is 1. The molecule has 1 aromatic rings. The van der Waals surface area contributed by atoms with Crippen LogP contribution in [0.2, 0.25) is 0 Å². The van der Waals surface area contributed by atoms with E-state index in [9.17, 15) is 0 Å². The van der Waals surface area contributed by atoms with Crippen molar-refractivity contribution in [2.24, 2.45) is 11.7 Å². The van der Waals surface area contributed by atoms with Crippen LogP contribution in [0.5, 0.6) is 0 Å². The van der Waals surface area contributed by atoms with Gasteiger partial charge in [0, 0.05) is 37.3 Å². The van der Waals surface area contributed by atoms with E-state index in [2.05, 4.69) is 29.2 Å². The normalized spacial score (nSPS) is 24.9. The van der Waals surface area contributed by atoms with Crippen molar-refractivity contribution in [2.45, 2.75) is 31.7 Å². The molecule has 3 rings (SSSR count). The summed E-state index contributed by atoms with van der Waals surface area (Å²) in [5.74, 6) is 0.537. The molecule has 0 saturated carbocycles. The average molecular weight is 260 g/mol. The second-order valence-electron chi connectivity index (χ2n) is 5.82. The number of benzene rings is 1. The third-order valence-electron chi connectivity index (χ3n) is 4.46. The molecule has 1 saturated heterocycles. The standard InChI is InChI=1S/C16H24N2O/c17-15(14-8-10-19-12-14)11-18-9-4-3-6-13-5-1-2-7-16(13)18/h1-2,5,7,14-15H,3-4,6,8-12,17H2. The highest BCUT2D eigenvalue weighted by atomic mass is 16.5. The van der Waals surface area contributed by atoms with Crippen molar-refractivity contribution < 1.29 is 4.74 Å². The molecule has 104 valence electrons. The fourth-order valence-electron chi connectivity index (χ4n) is 3.25. The summed E-state index contributed by atoms with van der Waals surface area (Å²) >= 11 is 0. The van der Waals surface area contributed by atoms with Gasteiger partial charge in [0.25, 0.3) is 0 Å². The van der Waals surface area contributed by atoms with Gasteiger partial charge in [-0.3, -0.25) is 0 Å². The van der Waals surface area contributed by atoms with Crippen LogP contribution < -0.4 is 10.6 Å². The number of fused-ring (bicyclic) bond motifs is 1. The van der Waals surface area contributed by atoms with Crippen molar-refractivity contribution in [1.29, 1.82) is 0 Å². The molecule has 2 aliphatic heterocycles. The molecule has 1 fully saturated rings. The van der Waals surface area contributed by atoms with Crippen molar-refractivity contribution >= 4 is 5.69 Å². The minimum Gasteiger partial charge on any atom is -0.381 e. The monoisotopic (exact) mass is 260 g/mol. The highest BCUT2D eigenvalue weighted by Crippen LogP contribution is 2.27. The fraction of sp³-hybridized carbons (Fsp3) is 0.625. The minimum absolute atomic E-state index is 0.230. The van der Waals surface area contributed by atoms with Crippen molar-refractivity contribution in [3.63, 3.8) is 0 Å². The highest BCUT2D eigenvalue weighted by molar-refractivity contribution is 5.54. The van der Waals surface area contributed by atoms with Gasteiger partial charge in [0.2, 0.25) is 0 Å². The van der Waals surface area contributed by atoms with E-state index < -0.39 is 0 Å². The number of ether oxygens (including phenoxy) is 1. The molecule has 0 spiro atoms. The first-order valence-corrected chi connectivity index (χ1v) is 7.51. The van der Waals surface area contributed by atoms with E-state index in [4.69, 9.17) is 10.5 Å². The van der Waals surface area contributed by atoms with Gasteiger partial charge in [0.05, 0.1) is 6.61 Å². The Bertz CT molecular complexity index is 415. The van der Waals surface area contributed by atoms with E-state index >= 15 is 0 Å². The first-order chi connectivity index (χ1) is 9.34. The molecular formula is C16H24N2O. The molecule has 3 nitrogen and oxygen atoms in total. The molecule has 2 aliphatic rings. The summed E-state index contributed by atoms with van der Waals surface area (Å²) in [5.41, 5.74) is 9.28. The van der Waals surface area contributed by atoms with E-state index in [1.54, 1.807) is 0 Å². The van der Waals surface area contributed by atoms with Crippen LogP contribution in [0, 0.1) is 5.92 Å². The molecule has 19 heavy (non-hydrogen) atoms. The quantitative estimate of drug-likeness (QED) is 0.905. The maximum atomic E-state index is 6.40. The minimum atomic E-state index is 0.230. The molecule has 2 unspecified atom stereocenters. The lowest BCUT2D eigenvalue weighted by molar-refractivity contribution is 0.181. The van der Waals surface area contributed by atoms with Gasteiger partial charge in [-0.1, -0.05) is 18.2 Å². The number of para-hydroxylation sites is 1. The second-order valence-corrected chi connectivity index (χ2v) is 5.82. The van der Waals surface area contributed by atoms with E-state index in [1.165, 1.54) is 30.5 Å². The number of aryl methyl sites for hydroxylation is 1. The third kappa shape index (κ3) is 2.93. The third-order valence-corrected chi connectivity index (χ3v) is 4.46. The Morgan fingerprint density at radius 1 is 1.32 bits per heavy atom. The zero-order valence-electron chi connectivity index (χ0n) is 11.6. The largest absolute Gasteiger partial charge is 0.381 e. The Kier molecular flexibility index (Phi) is 4.04. The first kappa shape index (κ1) is 12.9. The van der Waals surface area contributed by atoms with E-state index in [0.717, 1.165) is 32.7 Å². The van der Waals surface area contributed by atoms with E-state index in [-0.39, 0.29) is 6.04 Å². The topological polar surface area (TPSA) is 38.5 Å². The Balaban J connectivity index is 1.72. The molecular weight excluding hydrogens is 236 g/mol. The maximum Gasteiger partial charge on any atom is 0.0510 e. The molecule has 3 heteroatoms. The van der Waals surface area contributed by atoms with Crippen molar-refractivity contribution in [2.75, 3.05) is 31.2 Å². The van der Waals surface area contributed by atoms with Gasteiger partial charge in [-0.05, 0) is 37.3 Å². The summed E-state index contributed by atoms with van der Waals surface area (Å²) < 4.78 is 5.46. The van der Waals surface area contributed by atoms with Crippen LogP contribution in [0.4, 0.5) is 5.69 Å². The number of hydrogen-bond acceptors (Lipinski definition) is 3. The Morgan fingerprint density at radius 2 is 2.21 bits per heavy atom. The lowest BCUT2D eigenvalue weighted by atomic mass is 9.99. The van der Waals surface area contributed by atoms with Gasteiger partial charge in [-0.15, -0.1) is 0 Å². The van der Waals surface area contributed by atoms with Gasteiger partial charge in [-0.2, -0.15) is 0 Å². The summed E-state index contributed by atoms with van der Waals surface area (Å²) in [6, 6.07) is 9.03. The van der Waals surface area contributed by atoms with E-state index in [1.807, 2.05) is 0 Å². The predicted molar refractivity (Wildman–Crippen MR) is 78.5 cm³/mol. The van der Waals surface area contributed by atoms with Crippen molar-refractivity contribution in [3.8, 4) is 0 Å². The summed E-state index contributed by atoms with van der Waals surface area (Å²) in [7, 11) is 0. The number of nitrogens with zero attached hydrogens (tertiary/aromatic N) is 1. The molecule has 2 heterocycles. The van der Waals surface area contributed by atoms with Crippen LogP contribution >= 0.6 is 0 Å².